The summed E-state index contributed by atoms with van der Waals surface area (Å²) in [5, 5.41) is 3.38. The number of Topliss-reactive ketones (excluding diaryl/α,β-unsaturated/α-hetero) is 1. The maximum atomic E-state index is 12.6. The number of anilines is 1. The second-order valence-corrected chi connectivity index (χ2v) is 8.86. The molecule has 2 unspecified atom stereocenters. The van der Waals surface area contributed by atoms with Crippen molar-refractivity contribution < 1.29 is 41.5 Å². The average Bonchev–Trinajstić information content (AvgIpc) is 2.71. The lowest BCUT2D eigenvalue weighted by Gasteiger charge is -2.17. The number of carbonyl (C=O) groups is 3. The standard InChI is InChI=1S/C22H27NO8S.CH4.FH/c1-14(24)12-16(10-11-31-22(26)15(2)30-3)13-20(25)23-19-9-8-17-6-4-5-7-18(17)21(19)32(27,28)29;;/h4-9,15-16H,10-13H2,1-3H3,(H,23,25)(H,27,28,29);1H4;1H. The smallest absolute Gasteiger partial charge is 0.334 e. The van der Waals surface area contributed by atoms with Gasteiger partial charge in [-0.2, -0.15) is 8.42 Å². The maximum absolute atomic E-state index is 12.6. The third-order valence-corrected chi connectivity index (χ3v) is 5.87. The highest BCUT2D eigenvalue weighted by atomic mass is 32.2. The van der Waals surface area contributed by atoms with E-state index in [1.54, 1.807) is 31.2 Å². The van der Waals surface area contributed by atoms with Crippen LogP contribution in [0.25, 0.3) is 10.8 Å². The Morgan fingerprint density at radius 2 is 1.74 bits per heavy atom. The predicted molar refractivity (Wildman–Crippen MR) is 127 cm³/mol. The van der Waals surface area contributed by atoms with E-state index in [1.165, 1.54) is 26.2 Å². The molecule has 0 saturated carbocycles. The van der Waals surface area contributed by atoms with Crippen LogP contribution in [0.2, 0.25) is 0 Å². The molecule has 0 aliphatic carbocycles. The van der Waals surface area contributed by atoms with E-state index in [0.29, 0.717) is 5.39 Å². The first-order valence-corrected chi connectivity index (χ1v) is 11.4. The number of esters is 1. The van der Waals surface area contributed by atoms with E-state index < -0.39 is 38.9 Å². The highest BCUT2D eigenvalue weighted by molar-refractivity contribution is 7.86. The molecule has 0 radical (unpaired) electrons. The van der Waals surface area contributed by atoms with Gasteiger partial charge in [-0.3, -0.25) is 14.1 Å². The third kappa shape index (κ3) is 8.81. The molecule has 0 aromatic heterocycles. The first-order chi connectivity index (χ1) is 15.0. The Bertz CT molecular complexity index is 1100. The zero-order chi connectivity index (χ0) is 23.9. The summed E-state index contributed by atoms with van der Waals surface area (Å²) in [5.74, 6) is -1.64. The van der Waals surface area contributed by atoms with Gasteiger partial charge in [-0.1, -0.05) is 37.8 Å². The van der Waals surface area contributed by atoms with Crippen LogP contribution < -0.4 is 5.32 Å². The Kier molecular flexibility index (Phi) is 12.6. The molecule has 0 aliphatic rings. The predicted octanol–water partition coefficient (Wildman–Crippen LogP) is 3.77. The molecular weight excluding hydrogens is 469 g/mol. The van der Waals surface area contributed by atoms with Gasteiger partial charge in [-0.25, -0.2) is 4.79 Å². The Hall–Kier alpha value is -2.89. The molecule has 0 heterocycles. The summed E-state index contributed by atoms with van der Waals surface area (Å²) in [6.45, 7) is 2.94. The first-order valence-electron chi connectivity index (χ1n) is 10.0. The van der Waals surface area contributed by atoms with Crippen molar-refractivity contribution in [2.45, 2.75) is 51.5 Å². The largest absolute Gasteiger partial charge is 0.464 e. The van der Waals surface area contributed by atoms with E-state index >= 15 is 0 Å². The normalized spacial score (nSPS) is 12.6. The van der Waals surface area contributed by atoms with Crippen molar-refractivity contribution in [1.29, 1.82) is 0 Å². The number of halogens is 1. The highest BCUT2D eigenvalue weighted by Crippen LogP contribution is 2.31. The molecule has 2 rings (SSSR count). The van der Waals surface area contributed by atoms with Crippen molar-refractivity contribution in [3.63, 3.8) is 0 Å². The van der Waals surface area contributed by atoms with Crippen molar-refractivity contribution in [1.82, 2.24) is 0 Å². The topological polar surface area (TPSA) is 136 Å². The average molecular weight is 502 g/mol. The SMILES string of the molecule is C.COC(C)C(=O)OCCC(CC(C)=O)CC(=O)Nc1ccc2ccccc2c1S(=O)(=O)O.F. The van der Waals surface area contributed by atoms with Crippen molar-refractivity contribution in [3.05, 3.63) is 36.4 Å². The van der Waals surface area contributed by atoms with Gasteiger partial charge in [-0.05, 0) is 37.6 Å². The van der Waals surface area contributed by atoms with Crippen molar-refractivity contribution in [3.8, 4) is 0 Å². The number of hydrogen-bond donors (Lipinski definition) is 2. The zero-order valence-corrected chi connectivity index (χ0v) is 19.4. The van der Waals surface area contributed by atoms with Crippen molar-refractivity contribution >= 4 is 44.2 Å². The fourth-order valence-electron chi connectivity index (χ4n) is 3.31. The van der Waals surface area contributed by atoms with Crippen molar-refractivity contribution in [2.24, 2.45) is 5.92 Å². The number of fused-ring (bicyclic) bond motifs is 1. The Morgan fingerprint density at radius 1 is 1.09 bits per heavy atom. The minimum atomic E-state index is -4.63. The molecule has 11 heteroatoms. The van der Waals surface area contributed by atoms with E-state index in [0.717, 1.165) is 0 Å². The van der Waals surface area contributed by atoms with E-state index in [-0.39, 0.29) is 54.9 Å². The van der Waals surface area contributed by atoms with Crippen LogP contribution in [0.5, 0.6) is 0 Å². The summed E-state index contributed by atoms with van der Waals surface area (Å²) < 4.78 is 43.7. The molecule has 190 valence electrons. The number of rotatable bonds is 11. The number of hydrogen-bond acceptors (Lipinski definition) is 7. The van der Waals surface area contributed by atoms with Crippen LogP contribution in [-0.4, -0.2) is 50.5 Å². The molecule has 0 bridgehead atoms. The van der Waals surface area contributed by atoms with Gasteiger partial charge in [0.05, 0.1) is 12.3 Å². The van der Waals surface area contributed by atoms with Gasteiger partial charge >= 0.3 is 5.97 Å². The van der Waals surface area contributed by atoms with Gasteiger partial charge < -0.3 is 19.6 Å². The fraction of sp³-hybridized carbons (Fsp3) is 0.435. The highest BCUT2D eigenvalue weighted by Gasteiger charge is 2.23. The lowest BCUT2D eigenvalue weighted by atomic mass is 9.95. The second kappa shape index (κ2) is 13.7. The van der Waals surface area contributed by atoms with E-state index in [1.807, 2.05) is 0 Å². The Morgan fingerprint density at radius 3 is 2.32 bits per heavy atom. The van der Waals surface area contributed by atoms with Crippen LogP contribution in [0.1, 0.15) is 40.5 Å². The zero-order valence-electron chi connectivity index (χ0n) is 18.6. The van der Waals surface area contributed by atoms with Gasteiger partial charge in [0.1, 0.15) is 10.7 Å². The van der Waals surface area contributed by atoms with Crippen LogP contribution in [0.3, 0.4) is 0 Å². The summed E-state index contributed by atoms with van der Waals surface area (Å²) in [6.07, 6.45) is -0.475. The minimum Gasteiger partial charge on any atom is -0.464 e. The number of ketones is 1. The van der Waals surface area contributed by atoms with Crippen molar-refractivity contribution in [2.75, 3.05) is 19.0 Å². The number of methoxy groups -OCH3 is 1. The second-order valence-electron chi connectivity index (χ2n) is 7.50. The molecule has 0 saturated heterocycles. The van der Waals surface area contributed by atoms with Gasteiger partial charge in [0.15, 0.2) is 6.10 Å². The molecule has 9 nitrogen and oxygen atoms in total. The monoisotopic (exact) mass is 501 g/mol. The minimum absolute atomic E-state index is 0. The number of ether oxygens (including phenoxy) is 2. The number of carbonyl (C=O) groups excluding carboxylic acids is 3. The summed E-state index contributed by atoms with van der Waals surface area (Å²) >= 11 is 0. The van der Waals surface area contributed by atoms with E-state index in [2.05, 4.69) is 5.32 Å². The van der Waals surface area contributed by atoms with Gasteiger partial charge in [0.2, 0.25) is 5.91 Å². The van der Waals surface area contributed by atoms with E-state index in [4.69, 9.17) is 9.47 Å². The summed E-state index contributed by atoms with van der Waals surface area (Å²) in [6, 6.07) is 9.59. The fourth-order valence-corrected chi connectivity index (χ4v) is 4.17. The molecule has 0 aliphatic heterocycles. The molecule has 0 spiro atoms. The summed E-state index contributed by atoms with van der Waals surface area (Å²) in [7, 11) is -3.25. The van der Waals surface area contributed by atoms with Gasteiger partial charge in [-0.15, -0.1) is 0 Å². The molecule has 34 heavy (non-hydrogen) atoms. The van der Waals surface area contributed by atoms with E-state index in [9.17, 15) is 27.4 Å². The molecule has 1 amide bonds. The summed E-state index contributed by atoms with van der Waals surface area (Å²) in [5.41, 5.74) is -0.0573. The molecule has 2 aromatic rings. The number of nitrogens with one attached hydrogen (secondary N) is 1. The van der Waals surface area contributed by atoms with Crippen LogP contribution in [0, 0.1) is 5.92 Å². The molecular formula is C23H32FNO8S. The molecule has 2 aromatic carbocycles. The Labute approximate surface area is 198 Å². The summed E-state index contributed by atoms with van der Waals surface area (Å²) in [4.78, 5) is 35.6. The third-order valence-electron chi connectivity index (χ3n) is 4.92. The quantitative estimate of drug-likeness (QED) is 0.351. The van der Waals surface area contributed by atoms with Crippen LogP contribution >= 0.6 is 0 Å². The first kappa shape index (κ1) is 31.1. The number of amides is 1. The molecule has 2 atom stereocenters. The lowest BCUT2D eigenvalue weighted by Crippen LogP contribution is -2.24. The van der Waals surface area contributed by atoms with Gasteiger partial charge in [0, 0.05) is 25.3 Å². The number of benzene rings is 2. The molecule has 2 N–H and O–H groups in total. The van der Waals surface area contributed by atoms with Gasteiger partial charge in [0.25, 0.3) is 10.1 Å². The van der Waals surface area contributed by atoms with Crippen LogP contribution in [0.4, 0.5) is 10.4 Å². The Balaban J connectivity index is 0.00000544. The lowest BCUT2D eigenvalue weighted by molar-refractivity contribution is -0.154. The maximum Gasteiger partial charge on any atom is 0.334 e. The van der Waals surface area contributed by atoms with Crippen LogP contribution in [0.15, 0.2) is 41.3 Å². The van der Waals surface area contributed by atoms with Crippen LogP contribution in [-0.2, 0) is 34.0 Å². The molecule has 0 fully saturated rings.